The van der Waals surface area contributed by atoms with E-state index in [9.17, 15) is 12.6 Å². The van der Waals surface area contributed by atoms with Crippen LogP contribution in [0, 0.1) is 5.92 Å². The maximum atomic E-state index is 12.4. The smallest absolute Gasteiger partial charge is 0.175 e. The van der Waals surface area contributed by atoms with Gasteiger partial charge in [0.1, 0.15) is 0 Å². The van der Waals surface area contributed by atoms with Crippen LogP contribution in [0.5, 0.6) is 0 Å². The molecule has 0 radical (unpaired) electrons. The average Bonchev–Trinajstić information content (AvgIpc) is 2.45. The van der Waals surface area contributed by atoms with Crippen LogP contribution in [0.2, 0.25) is 0 Å². The summed E-state index contributed by atoms with van der Waals surface area (Å²) >= 11 is 0. The molecular weight excluding hydrogens is 306 g/mol. The van der Waals surface area contributed by atoms with Crippen LogP contribution in [-0.4, -0.2) is 37.2 Å². The lowest BCUT2D eigenvalue weighted by Gasteiger charge is -2.23. The second kappa shape index (κ2) is 8.06. The number of sulfone groups is 1. The van der Waals surface area contributed by atoms with E-state index in [1.165, 1.54) is 18.4 Å². The van der Waals surface area contributed by atoms with Gasteiger partial charge in [-0.15, -0.1) is 0 Å². The van der Waals surface area contributed by atoms with Crippen molar-refractivity contribution in [1.29, 1.82) is 0 Å². The van der Waals surface area contributed by atoms with Gasteiger partial charge in [0.15, 0.2) is 9.84 Å². The highest BCUT2D eigenvalue weighted by Gasteiger charge is 2.19. The van der Waals surface area contributed by atoms with Gasteiger partial charge in [0, 0.05) is 22.9 Å². The monoisotopic (exact) mass is 331 g/mol. The Hall–Kier alpha value is -0.720. The van der Waals surface area contributed by atoms with Gasteiger partial charge in [-0.1, -0.05) is 27.2 Å². The van der Waals surface area contributed by atoms with Crippen molar-refractivity contribution in [1.82, 2.24) is 5.32 Å². The highest BCUT2D eigenvalue weighted by molar-refractivity contribution is 7.90. The van der Waals surface area contributed by atoms with E-state index in [1.807, 2.05) is 6.92 Å². The average molecular weight is 332 g/mol. The summed E-state index contributed by atoms with van der Waals surface area (Å²) in [5.74, 6) is 0.991. The van der Waals surface area contributed by atoms with E-state index in [4.69, 9.17) is 0 Å². The maximum absolute atomic E-state index is 12.4. The van der Waals surface area contributed by atoms with Crippen molar-refractivity contribution in [2.75, 3.05) is 18.6 Å². The van der Waals surface area contributed by atoms with Crippen LogP contribution in [0.25, 0.3) is 0 Å². The van der Waals surface area contributed by atoms with Crippen LogP contribution >= 0.6 is 0 Å². The molecule has 1 aromatic rings. The zero-order valence-electron chi connectivity index (χ0n) is 13.1. The fourth-order valence-corrected chi connectivity index (χ4v) is 4.10. The van der Waals surface area contributed by atoms with Crippen LogP contribution in [0.3, 0.4) is 0 Å². The van der Waals surface area contributed by atoms with Crippen molar-refractivity contribution in [3.8, 4) is 0 Å². The van der Waals surface area contributed by atoms with Gasteiger partial charge in [0.05, 0.1) is 15.7 Å². The van der Waals surface area contributed by atoms with Gasteiger partial charge in [-0.05, 0) is 36.7 Å². The summed E-state index contributed by atoms with van der Waals surface area (Å²) in [5.41, 5.74) is 0. The molecule has 0 fully saturated rings. The topological polar surface area (TPSA) is 63.2 Å². The van der Waals surface area contributed by atoms with E-state index >= 15 is 0 Å². The maximum Gasteiger partial charge on any atom is 0.175 e. The molecule has 1 aromatic carbocycles. The minimum atomic E-state index is -3.21. The minimum absolute atomic E-state index is 0.204. The molecule has 6 heteroatoms. The zero-order valence-corrected chi connectivity index (χ0v) is 14.8. The Kier molecular flexibility index (Phi) is 7.03. The molecule has 3 atom stereocenters. The summed E-state index contributed by atoms with van der Waals surface area (Å²) in [7, 11) is -4.34. The van der Waals surface area contributed by atoms with Crippen molar-refractivity contribution in [2.45, 2.75) is 43.0 Å². The van der Waals surface area contributed by atoms with Gasteiger partial charge < -0.3 is 5.32 Å². The number of hydrogen-bond donors (Lipinski definition) is 1. The van der Waals surface area contributed by atoms with Gasteiger partial charge in [-0.25, -0.2) is 8.42 Å². The number of benzene rings is 1. The van der Waals surface area contributed by atoms with Crippen LogP contribution in [0.4, 0.5) is 0 Å². The van der Waals surface area contributed by atoms with Gasteiger partial charge in [0.2, 0.25) is 0 Å². The molecule has 0 bridgehead atoms. The molecule has 3 unspecified atom stereocenters. The summed E-state index contributed by atoms with van der Waals surface area (Å²) < 4.78 is 35.3. The summed E-state index contributed by atoms with van der Waals surface area (Å²) in [4.78, 5) is 0.932. The molecule has 0 aliphatic heterocycles. The first-order chi connectivity index (χ1) is 9.79. The normalized spacial score (nSPS) is 16.4. The van der Waals surface area contributed by atoms with E-state index in [-0.39, 0.29) is 10.9 Å². The first kappa shape index (κ1) is 18.3. The lowest BCUT2D eigenvalue weighted by Crippen LogP contribution is -2.39. The van der Waals surface area contributed by atoms with Gasteiger partial charge in [0.25, 0.3) is 0 Å². The molecule has 0 aliphatic carbocycles. The molecule has 120 valence electrons. The lowest BCUT2D eigenvalue weighted by molar-refractivity contribution is 0.401. The van der Waals surface area contributed by atoms with E-state index < -0.39 is 20.6 Å². The Balaban J connectivity index is 2.83. The third-order valence-corrected chi connectivity index (χ3v) is 6.23. The van der Waals surface area contributed by atoms with Crippen molar-refractivity contribution < 1.29 is 12.6 Å². The minimum Gasteiger partial charge on any atom is -0.313 e. The Labute approximate surface area is 130 Å². The van der Waals surface area contributed by atoms with Crippen LogP contribution in [0.1, 0.15) is 27.2 Å². The molecule has 0 saturated heterocycles. The van der Waals surface area contributed by atoms with Crippen LogP contribution in [0.15, 0.2) is 34.1 Å². The molecule has 1 N–H and O–H groups in total. The predicted octanol–water partition coefficient (Wildman–Crippen LogP) is 2.22. The van der Waals surface area contributed by atoms with Gasteiger partial charge in [-0.3, -0.25) is 4.21 Å². The summed E-state index contributed by atoms with van der Waals surface area (Å²) in [6.45, 7) is 7.16. The second-order valence-electron chi connectivity index (χ2n) is 5.31. The van der Waals surface area contributed by atoms with Crippen LogP contribution < -0.4 is 5.32 Å². The van der Waals surface area contributed by atoms with E-state index in [2.05, 4.69) is 19.2 Å². The molecule has 0 aromatic heterocycles. The van der Waals surface area contributed by atoms with E-state index in [0.717, 1.165) is 13.0 Å². The molecule has 0 spiro atoms. The second-order valence-corrected chi connectivity index (χ2v) is 8.82. The molecule has 21 heavy (non-hydrogen) atoms. The zero-order chi connectivity index (χ0) is 16.0. The predicted molar refractivity (Wildman–Crippen MR) is 87.7 cm³/mol. The lowest BCUT2D eigenvalue weighted by atomic mass is 10.0. The quantitative estimate of drug-likeness (QED) is 0.793. The number of nitrogens with one attached hydrogen (secondary N) is 1. The Bertz CT molecular complexity index is 567. The number of hydrogen-bond acceptors (Lipinski definition) is 4. The molecular formula is C15H25NO3S2. The van der Waals surface area contributed by atoms with Crippen molar-refractivity contribution >= 4 is 20.6 Å². The van der Waals surface area contributed by atoms with Crippen molar-refractivity contribution in [3.05, 3.63) is 24.3 Å². The van der Waals surface area contributed by atoms with E-state index in [0.29, 0.717) is 16.6 Å². The first-order valence-corrected chi connectivity index (χ1v) is 10.4. The Morgan fingerprint density at radius 2 is 1.76 bits per heavy atom. The van der Waals surface area contributed by atoms with Gasteiger partial charge in [-0.2, -0.15) is 0 Å². The molecule has 0 heterocycles. The van der Waals surface area contributed by atoms with E-state index in [1.54, 1.807) is 12.1 Å². The molecule has 0 aliphatic rings. The molecule has 0 saturated carbocycles. The molecule has 1 rings (SSSR count). The fraction of sp³-hybridized carbons (Fsp3) is 0.600. The molecule has 4 nitrogen and oxygen atoms in total. The fourth-order valence-electron chi connectivity index (χ4n) is 2.07. The first-order valence-electron chi connectivity index (χ1n) is 7.21. The number of rotatable bonds is 8. The van der Waals surface area contributed by atoms with Gasteiger partial charge >= 0.3 is 0 Å². The Morgan fingerprint density at radius 3 is 2.19 bits per heavy atom. The van der Waals surface area contributed by atoms with Crippen LogP contribution in [-0.2, 0) is 20.6 Å². The third-order valence-electron chi connectivity index (χ3n) is 3.64. The van der Waals surface area contributed by atoms with Crippen molar-refractivity contribution in [2.24, 2.45) is 5.92 Å². The SMILES string of the molecule is CCNC(CS(=O)c1ccc(S(C)(=O)=O)cc1)C(C)CC. The summed E-state index contributed by atoms with van der Waals surface area (Å²) in [6, 6.07) is 6.54. The van der Waals surface area contributed by atoms with Crippen molar-refractivity contribution in [3.63, 3.8) is 0 Å². The Morgan fingerprint density at radius 1 is 1.19 bits per heavy atom. The molecule has 0 amide bonds. The standard InChI is InChI=1S/C15H25NO3S2/c1-5-12(3)15(16-6-2)11-20(17)13-7-9-14(10-8-13)21(4,18)19/h7-10,12,15-16H,5-6,11H2,1-4H3. The highest BCUT2D eigenvalue weighted by atomic mass is 32.2. The third kappa shape index (κ3) is 5.52. The largest absolute Gasteiger partial charge is 0.313 e. The summed E-state index contributed by atoms with van der Waals surface area (Å²) in [6.07, 6.45) is 2.20. The highest BCUT2D eigenvalue weighted by Crippen LogP contribution is 2.16. The summed E-state index contributed by atoms with van der Waals surface area (Å²) in [5, 5.41) is 3.38.